The van der Waals surface area contributed by atoms with Crippen molar-refractivity contribution >= 4 is 22.6 Å². The Morgan fingerprint density at radius 1 is 1.32 bits per heavy atom. The molecule has 3 heterocycles. The van der Waals surface area contributed by atoms with Crippen LogP contribution in [0.25, 0.3) is 16.7 Å². The van der Waals surface area contributed by atoms with E-state index in [1.807, 2.05) is 19.2 Å². The second-order valence-electron chi connectivity index (χ2n) is 5.76. The minimum atomic E-state index is 0.0708. The first kappa shape index (κ1) is 13.1. The zero-order valence-electron chi connectivity index (χ0n) is 12.7. The Kier molecular flexibility index (Phi) is 2.79. The minimum absolute atomic E-state index is 0.0708. The number of rotatable bonds is 2. The molecule has 0 saturated heterocycles. The summed E-state index contributed by atoms with van der Waals surface area (Å²) in [6.07, 6.45) is 3.21. The smallest absolute Gasteiger partial charge is 0.228 e. The zero-order chi connectivity index (χ0) is 15.3. The third-order valence-corrected chi connectivity index (χ3v) is 4.28. The van der Waals surface area contributed by atoms with Crippen molar-refractivity contribution in [1.82, 2.24) is 9.55 Å². The van der Waals surface area contributed by atoms with Crippen LogP contribution < -0.4 is 5.32 Å². The van der Waals surface area contributed by atoms with Crippen LogP contribution in [-0.4, -0.2) is 15.5 Å². The Morgan fingerprint density at radius 3 is 3.00 bits per heavy atom. The Labute approximate surface area is 128 Å². The Hall–Kier alpha value is -2.62. The summed E-state index contributed by atoms with van der Waals surface area (Å²) >= 11 is 0. The third-order valence-electron chi connectivity index (χ3n) is 4.28. The summed E-state index contributed by atoms with van der Waals surface area (Å²) in [6, 6.07) is 10.5. The molecule has 0 unspecified atom stereocenters. The van der Waals surface area contributed by atoms with Crippen LogP contribution in [0.4, 0.5) is 5.69 Å². The number of aryl methyl sites for hydroxylation is 2. The van der Waals surface area contributed by atoms with E-state index < -0.39 is 0 Å². The van der Waals surface area contributed by atoms with Gasteiger partial charge in [0.2, 0.25) is 5.91 Å². The highest BCUT2D eigenvalue weighted by Crippen LogP contribution is 2.32. The number of aromatic nitrogens is 2. The molecule has 4 nitrogen and oxygen atoms in total. The van der Waals surface area contributed by atoms with E-state index in [2.05, 4.69) is 46.1 Å². The lowest BCUT2D eigenvalue weighted by Crippen LogP contribution is -2.04. The molecule has 1 aromatic carbocycles. The van der Waals surface area contributed by atoms with Crippen LogP contribution in [0.5, 0.6) is 0 Å². The van der Waals surface area contributed by atoms with Crippen LogP contribution in [0, 0.1) is 6.92 Å². The SMILES string of the molecule is CCc1cc2cccnc2n1-c1cc(C)c2c(c1)CC(=O)N2. The Morgan fingerprint density at radius 2 is 2.18 bits per heavy atom. The molecule has 0 fully saturated rings. The first-order valence-electron chi connectivity index (χ1n) is 7.56. The summed E-state index contributed by atoms with van der Waals surface area (Å²) in [5.74, 6) is 0.0708. The molecule has 110 valence electrons. The molecule has 4 rings (SSSR count). The maximum Gasteiger partial charge on any atom is 0.228 e. The highest BCUT2D eigenvalue weighted by Gasteiger charge is 2.21. The number of hydrogen-bond acceptors (Lipinski definition) is 2. The molecule has 1 N–H and O–H groups in total. The standard InChI is InChI=1S/C18H17N3O/c1-3-14-8-12-5-4-6-19-18(12)21(14)15-7-11(2)17-13(9-15)10-16(22)20-17/h4-9H,3,10H2,1-2H3,(H,20,22). The molecule has 4 heteroatoms. The average molecular weight is 291 g/mol. The van der Waals surface area contributed by atoms with E-state index >= 15 is 0 Å². The van der Waals surface area contributed by atoms with E-state index in [1.165, 1.54) is 5.69 Å². The van der Waals surface area contributed by atoms with Crippen molar-refractivity contribution in [3.8, 4) is 5.69 Å². The summed E-state index contributed by atoms with van der Waals surface area (Å²) in [6.45, 7) is 4.19. The maximum absolute atomic E-state index is 11.7. The van der Waals surface area contributed by atoms with E-state index in [0.29, 0.717) is 6.42 Å². The molecule has 1 amide bonds. The molecule has 0 aliphatic carbocycles. The number of amides is 1. The molecule has 0 saturated carbocycles. The number of carbonyl (C=O) groups excluding carboxylic acids is 1. The Balaban J connectivity index is 1.98. The molecule has 0 bridgehead atoms. The lowest BCUT2D eigenvalue weighted by molar-refractivity contribution is -0.115. The normalized spacial score (nSPS) is 13.5. The van der Waals surface area contributed by atoms with E-state index in [0.717, 1.165) is 40.0 Å². The molecule has 1 aliphatic heterocycles. The Bertz CT molecular complexity index is 908. The molecule has 0 spiro atoms. The van der Waals surface area contributed by atoms with Crippen LogP contribution >= 0.6 is 0 Å². The molecule has 0 atom stereocenters. The molecule has 0 radical (unpaired) electrons. The van der Waals surface area contributed by atoms with Crippen LogP contribution in [0.1, 0.15) is 23.7 Å². The maximum atomic E-state index is 11.7. The number of nitrogens with one attached hydrogen (secondary N) is 1. The van der Waals surface area contributed by atoms with Crippen LogP contribution in [-0.2, 0) is 17.6 Å². The summed E-state index contributed by atoms with van der Waals surface area (Å²) in [5, 5.41) is 4.09. The lowest BCUT2D eigenvalue weighted by atomic mass is 10.1. The monoisotopic (exact) mass is 291 g/mol. The van der Waals surface area contributed by atoms with Gasteiger partial charge in [0.05, 0.1) is 6.42 Å². The van der Waals surface area contributed by atoms with Gasteiger partial charge in [-0.3, -0.25) is 9.36 Å². The highest BCUT2D eigenvalue weighted by molar-refractivity contribution is 6.00. The van der Waals surface area contributed by atoms with E-state index in [1.54, 1.807) is 0 Å². The van der Waals surface area contributed by atoms with Crippen molar-refractivity contribution in [2.24, 2.45) is 0 Å². The van der Waals surface area contributed by atoms with Crippen molar-refractivity contribution in [3.05, 3.63) is 53.3 Å². The van der Waals surface area contributed by atoms with E-state index in [-0.39, 0.29) is 5.91 Å². The fourth-order valence-corrected chi connectivity index (χ4v) is 3.28. The van der Waals surface area contributed by atoms with E-state index in [4.69, 9.17) is 0 Å². The average Bonchev–Trinajstić information content (AvgIpc) is 3.06. The van der Waals surface area contributed by atoms with Crippen molar-refractivity contribution in [2.45, 2.75) is 26.7 Å². The molecule has 22 heavy (non-hydrogen) atoms. The summed E-state index contributed by atoms with van der Waals surface area (Å²) < 4.78 is 2.20. The molecule has 1 aliphatic rings. The second kappa shape index (κ2) is 4.70. The van der Waals surface area contributed by atoms with Crippen LogP contribution in [0.2, 0.25) is 0 Å². The number of carbonyl (C=O) groups is 1. The number of nitrogens with zero attached hydrogens (tertiary/aromatic N) is 2. The van der Waals surface area contributed by atoms with Gasteiger partial charge >= 0.3 is 0 Å². The van der Waals surface area contributed by atoms with E-state index in [9.17, 15) is 4.79 Å². The number of benzene rings is 1. The van der Waals surface area contributed by atoms with Gasteiger partial charge < -0.3 is 5.32 Å². The second-order valence-corrected chi connectivity index (χ2v) is 5.76. The number of hydrogen-bond donors (Lipinski definition) is 1. The topological polar surface area (TPSA) is 46.9 Å². The minimum Gasteiger partial charge on any atom is -0.325 e. The number of pyridine rings is 1. The lowest BCUT2D eigenvalue weighted by Gasteiger charge is -2.13. The van der Waals surface area contributed by atoms with Crippen molar-refractivity contribution < 1.29 is 4.79 Å². The first-order valence-corrected chi connectivity index (χ1v) is 7.56. The van der Waals surface area contributed by atoms with Gasteiger partial charge in [-0.05, 0) is 54.8 Å². The van der Waals surface area contributed by atoms with Crippen molar-refractivity contribution in [3.63, 3.8) is 0 Å². The van der Waals surface area contributed by atoms with Crippen molar-refractivity contribution in [2.75, 3.05) is 5.32 Å². The predicted molar refractivity (Wildman–Crippen MR) is 87.5 cm³/mol. The summed E-state index contributed by atoms with van der Waals surface area (Å²) in [5.41, 5.74) is 6.41. The van der Waals surface area contributed by atoms with Crippen LogP contribution in [0.3, 0.4) is 0 Å². The van der Waals surface area contributed by atoms with Gasteiger partial charge in [0.1, 0.15) is 5.65 Å². The van der Waals surface area contributed by atoms with Crippen molar-refractivity contribution in [1.29, 1.82) is 0 Å². The quantitative estimate of drug-likeness (QED) is 0.786. The summed E-state index contributed by atoms with van der Waals surface area (Å²) in [4.78, 5) is 16.2. The molecular formula is C18H17N3O. The van der Waals surface area contributed by atoms with Gasteiger partial charge in [-0.25, -0.2) is 4.98 Å². The van der Waals surface area contributed by atoms with Gasteiger partial charge in [0, 0.05) is 28.7 Å². The van der Waals surface area contributed by atoms with Crippen LogP contribution in [0.15, 0.2) is 36.5 Å². The predicted octanol–water partition coefficient (Wildman–Crippen LogP) is 3.39. The largest absolute Gasteiger partial charge is 0.325 e. The zero-order valence-corrected chi connectivity index (χ0v) is 12.7. The number of anilines is 1. The fourth-order valence-electron chi connectivity index (χ4n) is 3.28. The third kappa shape index (κ3) is 1.84. The first-order chi connectivity index (χ1) is 10.7. The molecule has 3 aromatic rings. The molecule has 2 aromatic heterocycles. The van der Waals surface area contributed by atoms with Gasteiger partial charge in [-0.1, -0.05) is 6.92 Å². The van der Waals surface area contributed by atoms with Gasteiger partial charge in [0.15, 0.2) is 0 Å². The number of fused-ring (bicyclic) bond motifs is 2. The van der Waals surface area contributed by atoms with Gasteiger partial charge in [-0.2, -0.15) is 0 Å². The highest BCUT2D eigenvalue weighted by atomic mass is 16.1. The van der Waals surface area contributed by atoms with Gasteiger partial charge in [-0.15, -0.1) is 0 Å². The summed E-state index contributed by atoms with van der Waals surface area (Å²) in [7, 11) is 0. The fraction of sp³-hybridized carbons (Fsp3) is 0.222. The molecular weight excluding hydrogens is 274 g/mol. The van der Waals surface area contributed by atoms with Gasteiger partial charge in [0.25, 0.3) is 0 Å².